The maximum Gasteiger partial charge on any atom is 0.341 e. The van der Waals surface area contributed by atoms with E-state index < -0.39 is 26.4 Å². The summed E-state index contributed by atoms with van der Waals surface area (Å²) in [4.78, 5) is 16.0. The molecule has 0 aliphatic heterocycles. The Morgan fingerprint density at radius 2 is 1.84 bits per heavy atom. The van der Waals surface area contributed by atoms with Crippen LogP contribution in [0, 0.1) is 6.92 Å². The van der Waals surface area contributed by atoms with Crippen molar-refractivity contribution in [2.45, 2.75) is 17.6 Å². The summed E-state index contributed by atoms with van der Waals surface area (Å²) in [5.74, 6) is -4.00. The number of aryl methyl sites for hydroxylation is 1. The standard InChI is InChI=1S/C16H12F2N2O3S2/c1-9-2-7-12-13(8-9)24-16(19-12)20-14(21)10-3-5-11(6-4-10)25(22,23)15(17)18/h2-8,15H,1H3,(H,19,20,21). The second-order valence-electron chi connectivity index (χ2n) is 5.27. The van der Waals surface area contributed by atoms with Crippen molar-refractivity contribution in [1.29, 1.82) is 0 Å². The van der Waals surface area contributed by atoms with E-state index in [0.717, 1.165) is 27.9 Å². The number of anilines is 1. The average Bonchev–Trinajstić information content (AvgIpc) is 2.96. The number of alkyl halides is 2. The van der Waals surface area contributed by atoms with Crippen LogP contribution in [0.3, 0.4) is 0 Å². The maximum absolute atomic E-state index is 12.5. The highest BCUT2D eigenvalue weighted by molar-refractivity contribution is 7.91. The molecule has 3 rings (SSSR count). The van der Waals surface area contributed by atoms with Crippen LogP contribution < -0.4 is 5.32 Å². The fraction of sp³-hybridized carbons (Fsp3) is 0.125. The van der Waals surface area contributed by atoms with Gasteiger partial charge in [-0.2, -0.15) is 8.78 Å². The first-order valence-electron chi connectivity index (χ1n) is 7.08. The molecule has 1 amide bonds. The molecule has 0 aliphatic rings. The molecule has 0 saturated heterocycles. The van der Waals surface area contributed by atoms with Crippen LogP contribution in [0.25, 0.3) is 10.2 Å². The van der Waals surface area contributed by atoms with Crippen LogP contribution in [-0.2, 0) is 9.84 Å². The minimum atomic E-state index is -4.67. The normalized spacial score (nSPS) is 11.8. The first-order valence-corrected chi connectivity index (χ1v) is 9.44. The number of sulfone groups is 1. The summed E-state index contributed by atoms with van der Waals surface area (Å²) in [5, 5.41) is 3.02. The Morgan fingerprint density at radius 1 is 1.16 bits per heavy atom. The molecule has 2 aromatic carbocycles. The molecule has 5 nitrogen and oxygen atoms in total. The third-order valence-corrected chi connectivity index (χ3v) is 5.78. The minimum Gasteiger partial charge on any atom is -0.298 e. The summed E-state index contributed by atoms with van der Waals surface area (Å²) in [6.07, 6.45) is 0. The zero-order chi connectivity index (χ0) is 18.2. The minimum absolute atomic E-state index is 0.142. The van der Waals surface area contributed by atoms with Gasteiger partial charge in [0.05, 0.1) is 15.1 Å². The molecule has 130 valence electrons. The highest BCUT2D eigenvalue weighted by atomic mass is 32.2. The number of thiazole rings is 1. The van der Waals surface area contributed by atoms with E-state index in [9.17, 15) is 22.0 Å². The Balaban J connectivity index is 1.81. The second-order valence-corrected chi connectivity index (χ2v) is 8.22. The van der Waals surface area contributed by atoms with Gasteiger partial charge in [-0.1, -0.05) is 17.4 Å². The van der Waals surface area contributed by atoms with E-state index >= 15 is 0 Å². The highest BCUT2D eigenvalue weighted by Gasteiger charge is 2.26. The van der Waals surface area contributed by atoms with E-state index in [1.165, 1.54) is 23.5 Å². The van der Waals surface area contributed by atoms with E-state index in [1.807, 2.05) is 25.1 Å². The fourth-order valence-corrected chi connectivity index (χ4v) is 3.83. The Labute approximate surface area is 146 Å². The summed E-state index contributed by atoms with van der Waals surface area (Å²) in [5.41, 5.74) is 1.97. The smallest absolute Gasteiger partial charge is 0.298 e. The van der Waals surface area contributed by atoms with Gasteiger partial charge in [0, 0.05) is 5.56 Å². The molecule has 3 aromatic rings. The van der Waals surface area contributed by atoms with Crippen LogP contribution in [0.2, 0.25) is 0 Å². The van der Waals surface area contributed by atoms with E-state index in [2.05, 4.69) is 10.3 Å². The summed E-state index contributed by atoms with van der Waals surface area (Å²) in [6, 6.07) is 10.0. The topological polar surface area (TPSA) is 76.1 Å². The molecule has 25 heavy (non-hydrogen) atoms. The molecule has 0 saturated carbocycles. The van der Waals surface area contributed by atoms with Gasteiger partial charge < -0.3 is 0 Å². The Bertz CT molecular complexity index is 1040. The molecule has 9 heteroatoms. The largest absolute Gasteiger partial charge is 0.341 e. The third-order valence-electron chi connectivity index (χ3n) is 3.44. The van der Waals surface area contributed by atoms with E-state index in [4.69, 9.17) is 0 Å². The zero-order valence-electron chi connectivity index (χ0n) is 12.9. The molecule has 0 fully saturated rings. The van der Waals surface area contributed by atoms with Gasteiger partial charge in [0.15, 0.2) is 5.13 Å². The van der Waals surface area contributed by atoms with Gasteiger partial charge in [-0.15, -0.1) is 0 Å². The van der Waals surface area contributed by atoms with Crippen molar-refractivity contribution in [1.82, 2.24) is 4.98 Å². The Morgan fingerprint density at radius 3 is 2.48 bits per heavy atom. The molecule has 1 N–H and O–H groups in total. The third kappa shape index (κ3) is 3.52. The number of fused-ring (bicyclic) bond motifs is 1. The molecular weight excluding hydrogens is 370 g/mol. The molecule has 1 aromatic heterocycles. The Hall–Kier alpha value is -2.39. The lowest BCUT2D eigenvalue weighted by molar-refractivity contribution is 0.102. The number of carbonyl (C=O) groups excluding carboxylic acids is 1. The van der Waals surface area contributed by atoms with Gasteiger partial charge in [-0.05, 0) is 48.9 Å². The number of aromatic nitrogens is 1. The number of halogens is 2. The van der Waals surface area contributed by atoms with Gasteiger partial charge in [-0.25, -0.2) is 13.4 Å². The van der Waals surface area contributed by atoms with E-state index in [0.29, 0.717) is 5.13 Å². The molecule has 0 spiro atoms. The van der Waals surface area contributed by atoms with Crippen LogP contribution in [0.1, 0.15) is 15.9 Å². The number of benzene rings is 2. The summed E-state index contributed by atoms with van der Waals surface area (Å²) in [6.45, 7) is 1.95. The molecule has 0 radical (unpaired) electrons. The van der Waals surface area contributed by atoms with E-state index in [1.54, 1.807) is 0 Å². The first-order chi connectivity index (χ1) is 11.8. The van der Waals surface area contributed by atoms with Crippen LogP contribution in [-0.4, -0.2) is 25.1 Å². The number of amides is 1. The first kappa shape index (κ1) is 17.4. The highest BCUT2D eigenvalue weighted by Crippen LogP contribution is 2.27. The number of nitrogens with zero attached hydrogens (tertiary/aromatic N) is 1. The molecule has 1 heterocycles. The summed E-state index contributed by atoms with van der Waals surface area (Å²) >= 11 is 1.31. The lowest BCUT2D eigenvalue weighted by atomic mass is 10.2. The number of hydrogen-bond donors (Lipinski definition) is 1. The van der Waals surface area contributed by atoms with Gasteiger partial charge >= 0.3 is 5.76 Å². The molecule has 0 atom stereocenters. The van der Waals surface area contributed by atoms with Crippen molar-refractivity contribution in [3.05, 3.63) is 53.6 Å². The van der Waals surface area contributed by atoms with E-state index in [-0.39, 0.29) is 5.56 Å². The van der Waals surface area contributed by atoms with Gasteiger partial charge in [0.25, 0.3) is 5.91 Å². The fourth-order valence-electron chi connectivity index (χ4n) is 2.15. The number of rotatable bonds is 4. The second kappa shape index (κ2) is 6.49. The van der Waals surface area contributed by atoms with Crippen LogP contribution in [0.4, 0.5) is 13.9 Å². The summed E-state index contributed by atoms with van der Waals surface area (Å²) < 4.78 is 48.7. The predicted octanol–water partition coefficient (Wildman–Crippen LogP) is 3.85. The summed E-state index contributed by atoms with van der Waals surface area (Å²) in [7, 11) is -4.67. The van der Waals surface area contributed by atoms with Gasteiger partial charge in [0.2, 0.25) is 9.84 Å². The number of hydrogen-bond acceptors (Lipinski definition) is 5. The van der Waals surface area contributed by atoms with Crippen LogP contribution in [0.5, 0.6) is 0 Å². The average molecular weight is 382 g/mol. The number of carbonyl (C=O) groups is 1. The van der Waals surface area contributed by atoms with Gasteiger partial charge in [0.1, 0.15) is 0 Å². The van der Waals surface area contributed by atoms with Crippen LogP contribution in [0.15, 0.2) is 47.4 Å². The molecule has 0 aliphatic carbocycles. The predicted molar refractivity (Wildman–Crippen MR) is 91.9 cm³/mol. The lowest BCUT2D eigenvalue weighted by Gasteiger charge is -2.05. The van der Waals surface area contributed by atoms with Crippen molar-refractivity contribution in [2.75, 3.05) is 5.32 Å². The van der Waals surface area contributed by atoms with Crippen molar-refractivity contribution in [3.8, 4) is 0 Å². The SMILES string of the molecule is Cc1ccc2nc(NC(=O)c3ccc(S(=O)(=O)C(F)F)cc3)sc2c1. The monoisotopic (exact) mass is 382 g/mol. The Kier molecular flexibility index (Phi) is 4.53. The zero-order valence-corrected chi connectivity index (χ0v) is 14.5. The quantitative estimate of drug-likeness (QED) is 0.744. The van der Waals surface area contributed by atoms with Gasteiger partial charge in [-0.3, -0.25) is 10.1 Å². The maximum atomic E-state index is 12.5. The van der Waals surface area contributed by atoms with Crippen LogP contribution >= 0.6 is 11.3 Å². The van der Waals surface area contributed by atoms with Crippen molar-refractivity contribution in [2.24, 2.45) is 0 Å². The molecular formula is C16H12F2N2O3S2. The van der Waals surface area contributed by atoms with Crippen molar-refractivity contribution < 1.29 is 22.0 Å². The molecule has 0 unspecified atom stereocenters. The van der Waals surface area contributed by atoms with Crippen molar-refractivity contribution in [3.63, 3.8) is 0 Å². The van der Waals surface area contributed by atoms with Crippen molar-refractivity contribution >= 4 is 42.4 Å². The molecule has 0 bridgehead atoms. The number of nitrogens with one attached hydrogen (secondary N) is 1. The lowest BCUT2D eigenvalue weighted by Crippen LogP contribution is -2.14.